The van der Waals surface area contributed by atoms with Gasteiger partial charge < -0.3 is 25.1 Å². The number of halogens is 4. The van der Waals surface area contributed by atoms with Crippen molar-refractivity contribution < 1.29 is 32.7 Å². The number of hydrogen-bond acceptors (Lipinski definition) is 5. The molecule has 210 valence electrons. The first-order valence-corrected chi connectivity index (χ1v) is 12.9. The summed E-state index contributed by atoms with van der Waals surface area (Å²) in [4.78, 5) is 43.3. The van der Waals surface area contributed by atoms with Gasteiger partial charge in [0.05, 0.1) is 17.8 Å². The van der Waals surface area contributed by atoms with Crippen LogP contribution in [0.4, 0.5) is 24.5 Å². The fourth-order valence-electron chi connectivity index (χ4n) is 5.30. The van der Waals surface area contributed by atoms with E-state index in [1.165, 1.54) is 18.2 Å². The molecule has 4 rings (SSSR count). The monoisotopic (exact) mass is 566 g/mol. The Morgan fingerprint density at radius 1 is 1.08 bits per heavy atom. The largest absolute Gasteiger partial charge is 0.478 e. The van der Waals surface area contributed by atoms with Crippen molar-refractivity contribution in [3.63, 3.8) is 0 Å². The van der Waals surface area contributed by atoms with E-state index in [0.29, 0.717) is 25.2 Å². The number of rotatable bonds is 6. The second-order valence-corrected chi connectivity index (χ2v) is 10.8. The molecule has 2 N–H and O–H groups in total. The molecule has 0 bridgehead atoms. The smallest absolute Gasteiger partial charge is 0.416 e. The number of carbonyl (C=O) groups excluding carboxylic acids is 2. The number of nitrogens with zero attached hydrogens (tertiary/aromatic N) is 3. The summed E-state index contributed by atoms with van der Waals surface area (Å²) in [5.74, 6) is -1.64. The van der Waals surface area contributed by atoms with Crippen molar-refractivity contribution in [2.75, 3.05) is 37.0 Å². The summed E-state index contributed by atoms with van der Waals surface area (Å²) in [5, 5.41) is 12.1. The number of likely N-dealkylation sites (N-methyl/N-ethyl adjacent to an activating group) is 1. The molecule has 2 aliphatic heterocycles. The molecule has 0 aliphatic carbocycles. The van der Waals surface area contributed by atoms with E-state index in [4.69, 9.17) is 11.6 Å². The number of aromatic carboxylic acids is 1. The molecule has 2 heterocycles. The number of anilines is 2. The molecule has 0 saturated carbocycles. The summed E-state index contributed by atoms with van der Waals surface area (Å²) in [6.45, 7) is 4.47. The molecule has 0 aromatic heterocycles. The van der Waals surface area contributed by atoms with Crippen molar-refractivity contribution in [1.82, 2.24) is 9.80 Å². The van der Waals surface area contributed by atoms with E-state index in [1.807, 2.05) is 4.90 Å². The lowest BCUT2D eigenvalue weighted by Gasteiger charge is -2.44. The first-order chi connectivity index (χ1) is 18.2. The van der Waals surface area contributed by atoms with Crippen LogP contribution in [0, 0.1) is 5.92 Å². The van der Waals surface area contributed by atoms with E-state index in [0.717, 1.165) is 12.1 Å². The van der Waals surface area contributed by atoms with Gasteiger partial charge in [0.25, 0.3) is 0 Å². The molecule has 0 radical (unpaired) electrons. The van der Waals surface area contributed by atoms with E-state index in [2.05, 4.69) is 5.32 Å². The summed E-state index contributed by atoms with van der Waals surface area (Å²) in [5.41, 5.74) is -0.848. The number of carboxylic acid groups (broad SMARTS) is 1. The summed E-state index contributed by atoms with van der Waals surface area (Å²) < 4.78 is 39.9. The second-order valence-electron chi connectivity index (χ2n) is 10.4. The molecule has 2 aromatic carbocycles. The van der Waals surface area contributed by atoms with Crippen LogP contribution in [0.3, 0.4) is 0 Å². The van der Waals surface area contributed by atoms with Crippen molar-refractivity contribution in [3.8, 4) is 0 Å². The van der Waals surface area contributed by atoms with Gasteiger partial charge in [0.15, 0.2) is 0 Å². The number of alkyl halides is 3. The van der Waals surface area contributed by atoms with Crippen molar-refractivity contribution in [2.45, 2.75) is 44.4 Å². The zero-order valence-corrected chi connectivity index (χ0v) is 22.5. The van der Waals surface area contributed by atoms with Crippen molar-refractivity contribution in [1.29, 1.82) is 0 Å². The Labute approximate surface area is 229 Å². The minimum atomic E-state index is -4.58. The van der Waals surface area contributed by atoms with Crippen LogP contribution in [0.2, 0.25) is 5.02 Å². The molecule has 8 nitrogen and oxygen atoms in total. The van der Waals surface area contributed by atoms with Crippen molar-refractivity contribution >= 4 is 40.8 Å². The van der Waals surface area contributed by atoms with E-state index >= 15 is 0 Å². The predicted octanol–water partition coefficient (Wildman–Crippen LogP) is 4.79. The lowest BCUT2D eigenvalue weighted by atomic mass is 9.85. The highest BCUT2D eigenvalue weighted by molar-refractivity contribution is 6.31. The maximum absolute atomic E-state index is 13.6. The Morgan fingerprint density at radius 3 is 2.23 bits per heavy atom. The number of amides is 2. The van der Waals surface area contributed by atoms with Gasteiger partial charge in [-0.3, -0.25) is 9.59 Å². The van der Waals surface area contributed by atoms with Crippen LogP contribution in [0.1, 0.15) is 42.6 Å². The molecule has 12 heteroatoms. The van der Waals surface area contributed by atoms with Crippen LogP contribution < -0.4 is 10.2 Å². The van der Waals surface area contributed by atoms with E-state index < -0.39 is 29.3 Å². The summed E-state index contributed by atoms with van der Waals surface area (Å²) in [6.07, 6.45) is -3.88. The standard InChI is InChI=1S/C27H30ClF3N4O4/c1-16(2)22(32-20-13-18(27(29,30)31)12-19(28)14-20)23(36)34-10-8-26(9-11-34)25(39)33(3)15-35(26)21-6-4-17(5-7-21)24(37)38/h4-7,12-14,16,22,32H,8-11,15H2,1-3H3,(H,37,38)/t22-/m1/s1. The third-order valence-electron chi connectivity index (χ3n) is 7.42. The van der Waals surface area contributed by atoms with Crippen LogP contribution in [0.15, 0.2) is 42.5 Å². The third kappa shape index (κ3) is 5.63. The number of carbonyl (C=O) groups is 3. The quantitative estimate of drug-likeness (QED) is 0.522. The molecule has 2 fully saturated rings. The molecule has 2 aromatic rings. The topological polar surface area (TPSA) is 93.2 Å². The number of benzene rings is 2. The molecule has 0 unspecified atom stereocenters. The van der Waals surface area contributed by atoms with Crippen LogP contribution >= 0.6 is 11.6 Å². The molecule has 1 spiro atoms. The summed E-state index contributed by atoms with van der Waals surface area (Å²) in [6, 6.07) is 8.64. The van der Waals surface area contributed by atoms with E-state index in [-0.39, 0.29) is 47.1 Å². The minimum Gasteiger partial charge on any atom is -0.478 e. The van der Waals surface area contributed by atoms with Gasteiger partial charge in [0, 0.05) is 36.5 Å². The molecule has 2 amide bonds. The maximum Gasteiger partial charge on any atom is 0.416 e. The lowest BCUT2D eigenvalue weighted by molar-refractivity contribution is -0.138. The highest BCUT2D eigenvalue weighted by Crippen LogP contribution is 2.39. The Hall–Kier alpha value is -3.47. The second kappa shape index (κ2) is 10.6. The maximum atomic E-state index is 13.6. The number of carboxylic acids is 1. The minimum absolute atomic E-state index is 0.0750. The van der Waals surface area contributed by atoms with Gasteiger partial charge in [0.2, 0.25) is 11.8 Å². The van der Waals surface area contributed by atoms with E-state index in [9.17, 15) is 32.7 Å². The van der Waals surface area contributed by atoms with Gasteiger partial charge in [-0.15, -0.1) is 0 Å². The highest BCUT2D eigenvalue weighted by Gasteiger charge is 2.53. The lowest BCUT2D eigenvalue weighted by Crippen LogP contribution is -2.59. The first-order valence-electron chi connectivity index (χ1n) is 12.5. The normalized spacial score (nSPS) is 18.2. The number of piperidine rings is 1. The SMILES string of the molecule is CC(C)[C@@H](Nc1cc(Cl)cc(C(F)(F)F)c1)C(=O)N1CCC2(CC1)C(=O)N(C)CN2c1ccc(C(=O)O)cc1. The molecule has 2 saturated heterocycles. The molecule has 2 aliphatic rings. The fourth-order valence-corrected chi connectivity index (χ4v) is 5.54. The van der Waals surface area contributed by atoms with Crippen molar-refractivity contribution in [2.24, 2.45) is 5.92 Å². The predicted molar refractivity (Wildman–Crippen MR) is 141 cm³/mol. The molecule has 1 atom stereocenters. The average molecular weight is 567 g/mol. The van der Waals surface area contributed by atoms with Gasteiger partial charge in [0.1, 0.15) is 11.6 Å². The molecular weight excluding hydrogens is 537 g/mol. The Balaban J connectivity index is 1.52. The molecule has 39 heavy (non-hydrogen) atoms. The Bertz CT molecular complexity index is 1260. The zero-order chi connectivity index (χ0) is 28.7. The molecular formula is C27H30ClF3N4O4. The first kappa shape index (κ1) is 28.5. The Morgan fingerprint density at radius 2 is 1.69 bits per heavy atom. The van der Waals surface area contributed by atoms with Gasteiger partial charge >= 0.3 is 12.1 Å². The van der Waals surface area contributed by atoms with Crippen LogP contribution in [-0.2, 0) is 15.8 Å². The highest BCUT2D eigenvalue weighted by atomic mass is 35.5. The van der Waals surface area contributed by atoms with Crippen LogP contribution in [0.5, 0.6) is 0 Å². The summed E-state index contributed by atoms with van der Waals surface area (Å²) >= 11 is 5.93. The average Bonchev–Trinajstić information content (AvgIpc) is 3.11. The van der Waals surface area contributed by atoms with Crippen LogP contribution in [0.25, 0.3) is 0 Å². The van der Waals surface area contributed by atoms with Crippen molar-refractivity contribution in [3.05, 3.63) is 58.6 Å². The van der Waals surface area contributed by atoms with E-state index in [1.54, 1.807) is 42.8 Å². The van der Waals surface area contributed by atoms with Gasteiger partial charge in [-0.2, -0.15) is 13.2 Å². The van der Waals surface area contributed by atoms with Gasteiger partial charge in [-0.05, 0) is 61.2 Å². The zero-order valence-electron chi connectivity index (χ0n) is 21.8. The van der Waals surface area contributed by atoms with Gasteiger partial charge in [-0.1, -0.05) is 25.4 Å². The summed E-state index contributed by atoms with van der Waals surface area (Å²) in [7, 11) is 1.70. The number of likely N-dealkylation sites (tertiary alicyclic amines) is 1. The number of hydrogen-bond donors (Lipinski definition) is 2. The number of nitrogens with one attached hydrogen (secondary N) is 1. The third-order valence-corrected chi connectivity index (χ3v) is 7.64. The van der Waals surface area contributed by atoms with Crippen LogP contribution in [-0.4, -0.2) is 71.1 Å². The van der Waals surface area contributed by atoms with Gasteiger partial charge in [-0.25, -0.2) is 4.79 Å². The fraction of sp³-hybridized carbons (Fsp3) is 0.444. The Kier molecular flexibility index (Phi) is 7.75.